The number of hydrogen-bond acceptors (Lipinski definition) is 14. The zero-order valence-corrected chi connectivity index (χ0v) is 30.3. The fourth-order valence-corrected chi connectivity index (χ4v) is 8.27. The number of aromatic nitrogens is 4. The number of esters is 2. The Kier molecular flexibility index (Phi) is 11.1. The molecule has 2 aromatic heterocycles. The number of nitrogens with zero attached hydrogens (tertiary/aromatic N) is 6. The first-order valence-corrected chi connectivity index (χ1v) is 18.5. The van der Waals surface area contributed by atoms with Crippen molar-refractivity contribution in [2.45, 2.75) is 9.79 Å². The quantitative estimate of drug-likeness (QED) is 0.101. The van der Waals surface area contributed by atoms with Gasteiger partial charge < -0.3 is 18.9 Å². The summed E-state index contributed by atoms with van der Waals surface area (Å²) in [4.78, 5) is 37.5. The molecule has 0 saturated carbocycles. The summed E-state index contributed by atoms with van der Waals surface area (Å²) in [5.74, 6) is 0.282. The monoisotopic (exact) mass is 744 g/mol. The number of methoxy groups -OCH3 is 4. The molecule has 0 spiro atoms. The summed E-state index contributed by atoms with van der Waals surface area (Å²) in [6.45, 7) is 0. The summed E-state index contributed by atoms with van der Waals surface area (Å²) in [5, 5.41) is 9.32. The van der Waals surface area contributed by atoms with Gasteiger partial charge in [0.1, 0.15) is 11.5 Å². The molecule has 2 heterocycles. The minimum atomic E-state index is -0.551. The topological polar surface area (TPSA) is 131 Å². The van der Waals surface area contributed by atoms with E-state index in [9.17, 15) is 9.59 Å². The van der Waals surface area contributed by atoms with Gasteiger partial charge in [-0.15, -0.1) is 10.2 Å². The molecule has 0 radical (unpaired) electrons. The fraction of sp³-hybridized carbons (Fsp3) is 0.118. The molecule has 6 rings (SSSR count). The van der Waals surface area contributed by atoms with Gasteiger partial charge in [0.25, 0.3) is 0 Å². The van der Waals surface area contributed by atoms with Crippen molar-refractivity contribution in [1.82, 2.24) is 19.6 Å². The van der Waals surface area contributed by atoms with Gasteiger partial charge >= 0.3 is 11.9 Å². The van der Waals surface area contributed by atoms with E-state index >= 15 is 0 Å². The highest BCUT2D eigenvalue weighted by atomic mass is 33.1. The molecule has 4 aromatic carbocycles. The molecule has 0 aliphatic carbocycles. The van der Waals surface area contributed by atoms with Crippen molar-refractivity contribution < 1.29 is 28.5 Å². The van der Waals surface area contributed by atoms with E-state index in [-0.39, 0.29) is 10.0 Å². The first-order chi connectivity index (χ1) is 24.4. The lowest BCUT2D eigenvalue weighted by molar-refractivity contribution is 0.0590. The lowest BCUT2D eigenvalue weighted by Crippen LogP contribution is -2.14. The van der Waals surface area contributed by atoms with Gasteiger partial charge in [0.2, 0.25) is 19.6 Å². The van der Waals surface area contributed by atoms with E-state index in [1.54, 1.807) is 23.6 Å². The van der Waals surface area contributed by atoms with Gasteiger partial charge in [-0.05, 0) is 72.8 Å². The lowest BCUT2D eigenvalue weighted by atomic mass is 10.3. The lowest BCUT2D eigenvalue weighted by Gasteiger charge is -2.07. The average Bonchev–Trinajstić information content (AvgIpc) is 3.79. The highest BCUT2D eigenvalue weighted by Crippen LogP contribution is 2.44. The van der Waals surface area contributed by atoms with Crippen LogP contribution >= 0.6 is 44.3 Å². The molecule has 0 amide bonds. The van der Waals surface area contributed by atoms with Crippen LogP contribution in [0.3, 0.4) is 0 Å². The molecular weight excluding hydrogens is 717 g/mol. The van der Waals surface area contributed by atoms with Crippen molar-refractivity contribution in [2.24, 2.45) is 9.98 Å². The van der Waals surface area contributed by atoms with Crippen LogP contribution < -0.4 is 19.1 Å². The zero-order valence-electron chi connectivity index (χ0n) is 27.0. The molecule has 0 unspecified atom stereocenters. The molecule has 254 valence electrons. The van der Waals surface area contributed by atoms with Crippen LogP contribution in [0.5, 0.6) is 11.5 Å². The van der Waals surface area contributed by atoms with Crippen LogP contribution in [0.2, 0.25) is 0 Å². The van der Waals surface area contributed by atoms with Gasteiger partial charge in [-0.3, -0.25) is 0 Å². The highest BCUT2D eigenvalue weighted by Gasteiger charge is 2.17. The Balaban J connectivity index is 1.35. The summed E-state index contributed by atoms with van der Waals surface area (Å²) in [6, 6.07) is 30.0. The van der Waals surface area contributed by atoms with Crippen LogP contribution in [0.25, 0.3) is 11.4 Å². The molecule has 0 bridgehead atoms. The maximum absolute atomic E-state index is 12.4. The number of benzene rings is 4. The van der Waals surface area contributed by atoms with Crippen LogP contribution in [0, 0.1) is 0 Å². The van der Waals surface area contributed by atoms with Crippen molar-refractivity contribution >= 4 is 67.6 Å². The summed E-state index contributed by atoms with van der Waals surface area (Å²) >= 11 is 2.25. The third-order valence-electron chi connectivity index (χ3n) is 6.86. The van der Waals surface area contributed by atoms with Crippen LogP contribution in [0.15, 0.2) is 117 Å². The smallest absolute Gasteiger partial charge is 0.369 e. The first-order valence-electron chi connectivity index (χ1n) is 14.7. The Labute approximate surface area is 302 Å². The van der Waals surface area contributed by atoms with Gasteiger partial charge in [-0.2, -0.15) is 0 Å². The van der Waals surface area contributed by atoms with Crippen molar-refractivity contribution in [2.75, 3.05) is 28.4 Å². The Morgan fingerprint density at radius 3 is 1.32 bits per heavy atom. The third kappa shape index (κ3) is 7.83. The number of hydrogen-bond donors (Lipinski definition) is 0. The molecule has 0 N–H and O–H groups in total. The van der Waals surface area contributed by atoms with Crippen molar-refractivity contribution in [3.8, 4) is 22.9 Å². The van der Waals surface area contributed by atoms with Crippen LogP contribution in [-0.4, -0.2) is 59.9 Å². The number of carbonyl (C=O) groups excluding carboxylic acids is 2. The Morgan fingerprint density at radius 1 is 0.580 bits per heavy atom. The van der Waals surface area contributed by atoms with Gasteiger partial charge in [0.05, 0.1) is 51.2 Å². The molecule has 0 saturated heterocycles. The summed E-state index contributed by atoms with van der Waals surface area (Å²) < 4.78 is 23.7. The van der Waals surface area contributed by atoms with Crippen molar-refractivity contribution in [3.63, 3.8) is 0 Å². The minimum Gasteiger partial charge on any atom is -0.497 e. The predicted molar refractivity (Wildman–Crippen MR) is 194 cm³/mol. The summed E-state index contributed by atoms with van der Waals surface area (Å²) in [6.07, 6.45) is 0. The van der Waals surface area contributed by atoms with E-state index < -0.39 is 11.9 Å². The normalized spacial score (nSPS) is 11.8. The molecule has 0 atom stereocenters. The maximum Gasteiger partial charge on any atom is 0.369 e. The largest absolute Gasteiger partial charge is 0.497 e. The number of rotatable bonds is 11. The second-order valence-corrected chi connectivity index (χ2v) is 14.0. The van der Waals surface area contributed by atoms with Gasteiger partial charge in [-0.1, -0.05) is 68.5 Å². The van der Waals surface area contributed by atoms with E-state index in [2.05, 4.69) is 10.2 Å². The van der Waals surface area contributed by atoms with E-state index in [1.165, 1.54) is 35.8 Å². The van der Waals surface area contributed by atoms with Crippen molar-refractivity contribution in [3.05, 3.63) is 117 Å². The van der Waals surface area contributed by atoms with Crippen molar-refractivity contribution in [1.29, 1.82) is 0 Å². The summed E-state index contributed by atoms with van der Waals surface area (Å²) in [7, 11) is 8.85. The highest BCUT2D eigenvalue weighted by molar-refractivity contribution is 8.76. The zero-order chi connectivity index (χ0) is 35.0. The third-order valence-corrected chi connectivity index (χ3v) is 11.1. The Bertz CT molecular complexity index is 2120. The standard InChI is InChI=1S/C34H28N6O6S4/c1-43-23-17-13-21(14-18-23)39-33(47-29(37-39)31(41)45-3)35-25-9-5-7-11-27(25)49-50-28-12-8-6-10-26(28)36-34-40(38-30(48-34)32(42)46-4)22-15-19-24(44-2)20-16-22/h5-20H,1-4H3. The molecule has 0 aliphatic heterocycles. The molecule has 6 aromatic rings. The van der Waals surface area contributed by atoms with E-state index in [1.807, 2.05) is 97.1 Å². The molecule has 0 fully saturated rings. The first kappa shape index (κ1) is 34.7. The Morgan fingerprint density at radius 2 is 0.960 bits per heavy atom. The molecular formula is C34H28N6O6S4. The molecule has 0 aliphatic rings. The average molecular weight is 745 g/mol. The van der Waals surface area contributed by atoms with Gasteiger partial charge in [0.15, 0.2) is 0 Å². The maximum atomic E-state index is 12.4. The van der Waals surface area contributed by atoms with Crippen LogP contribution in [0.4, 0.5) is 11.4 Å². The van der Waals surface area contributed by atoms with Gasteiger partial charge in [0, 0.05) is 9.79 Å². The summed E-state index contributed by atoms with van der Waals surface area (Å²) in [5.41, 5.74) is 2.78. The number of carbonyl (C=O) groups is 2. The second kappa shape index (κ2) is 16.0. The van der Waals surface area contributed by atoms with Crippen LogP contribution in [0.1, 0.15) is 19.6 Å². The minimum absolute atomic E-state index is 0.169. The van der Waals surface area contributed by atoms with E-state index in [4.69, 9.17) is 28.9 Å². The SMILES string of the molecule is COC(=O)c1nn(-c2ccc(OC)cc2)c(=Nc2ccccc2SSc2ccccc2N=c2sc(C(=O)OC)nn2-c2ccc(OC)cc2)s1. The molecule has 16 heteroatoms. The van der Waals surface area contributed by atoms with Crippen LogP contribution in [-0.2, 0) is 9.47 Å². The second-order valence-electron chi connectivity index (χ2n) is 9.91. The predicted octanol–water partition coefficient (Wildman–Crippen LogP) is 7.04. The number of ether oxygens (including phenoxy) is 4. The Hall–Kier alpha value is -5.16. The number of para-hydroxylation sites is 2. The molecule has 50 heavy (non-hydrogen) atoms. The van der Waals surface area contributed by atoms with E-state index in [0.29, 0.717) is 43.9 Å². The van der Waals surface area contributed by atoms with Gasteiger partial charge in [-0.25, -0.2) is 28.9 Å². The van der Waals surface area contributed by atoms with E-state index in [0.717, 1.165) is 32.5 Å². The fourth-order valence-electron chi connectivity index (χ4n) is 4.37. The molecule has 12 nitrogen and oxygen atoms in total.